The summed E-state index contributed by atoms with van der Waals surface area (Å²) in [4.78, 5) is 28.2. The number of carbonyl (C=O) groups is 2. The van der Waals surface area contributed by atoms with Crippen LogP contribution in [0.25, 0.3) is 0 Å². The molecular formula is C28H36N2O3. The Morgan fingerprint density at radius 3 is 2.52 bits per heavy atom. The molecule has 1 aliphatic carbocycles. The Labute approximate surface area is 197 Å². The molecule has 2 atom stereocenters. The quantitative estimate of drug-likeness (QED) is 0.607. The van der Waals surface area contributed by atoms with Gasteiger partial charge in [-0.25, -0.2) is 0 Å². The van der Waals surface area contributed by atoms with Gasteiger partial charge in [-0.1, -0.05) is 80.1 Å². The van der Waals surface area contributed by atoms with E-state index in [1.165, 1.54) is 19.3 Å². The highest BCUT2D eigenvalue weighted by Crippen LogP contribution is 2.38. The van der Waals surface area contributed by atoms with Crippen molar-refractivity contribution in [1.29, 1.82) is 0 Å². The minimum absolute atomic E-state index is 0.274. The summed E-state index contributed by atoms with van der Waals surface area (Å²) in [6.07, 6.45) is 8.23. The van der Waals surface area contributed by atoms with Crippen LogP contribution >= 0.6 is 0 Å². The molecule has 0 spiro atoms. The number of hydrogen-bond donors (Lipinski definition) is 2. The smallest absolute Gasteiger partial charge is 0.308 e. The van der Waals surface area contributed by atoms with Crippen molar-refractivity contribution in [1.82, 2.24) is 0 Å². The largest absolute Gasteiger partial charge is 0.481 e. The lowest BCUT2D eigenvalue weighted by Gasteiger charge is -2.37. The van der Waals surface area contributed by atoms with Crippen LogP contribution in [-0.4, -0.2) is 22.5 Å². The number of para-hydroxylation sites is 1. The van der Waals surface area contributed by atoms with Crippen LogP contribution in [0, 0.1) is 18.8 Å². The minimum atomic E-state index is -1.43. The Morgan fingerprint density at radius 1 is 1.12 bits per heavy atom. The summed E-state index contributed by atoms with van der Waals surface area (Å²) in [5.41, 5.74) is 9.45. The second-order valence-electron chi connectivity index (χ2n) is 10.0. The number of hydrogen-bond acceptors (Lipinski definition) is 3. The van der Waals surface area contributed by atoms with E-state index in [2.05, 4.69) is 0 Å². The van der Waals surface area contributed by atoms with Gasteiger partial charge in [0.2, 0.25) is 5.91 Å². The second kappa shape index (κ2) is 10.1. The number of anilines is 1. The number of carboxylic acid groups (broad SMARTS) is 1. The molecule has 1 heterocycles. The molecule has 2 aliphatic rings. The van der Waals surface area contributed by atoms with Crippen molar-refractivity contribution in [2.24, 2.45) is 17.6 Å². The fourth-order valence-electron chi connectivity index (χ4n) is 5.63. The van der Waals surface area contributed by atoms with Crippen molar-refractivity contribution in [2.75, 3.05) is 4.90 Å². The number of nitrogens with two attached hydrogens (primary N) is 1. The fraction of sp³-hybridized carbons (Fsp3) is 0.500. The number of nitrogens with zero attached hydrogens (tertiary/aromatic N) is 1. The number of rotatable bonds is 7. The van der Waals surface area contributed by atoms with Gasteiger partial charge in [-0.15, -0.1) is 0 Å². The molecule has 5 heteroatoms. The molecule has 0 aromatic heterocycles. The Kier molecular flexibility index (Phi) is 7.18. The molecule has 3 N–H and O–H groups in total. The van der Waals surface area contributed by atoms with E-state index in [9.17, 15) is 14.7 Å². The molecule has 5 nitrogen and oxygen atoms in total. The summed E-state index contributed by atoms with van der Waals surface area (Å²) in [6.45, 7) is 2.41. The molecular weight excluding hydrogens is 412 g/mol. The van der Waals surface area contributed by atoms with Crippen LogP contribution in [-0.2, 0) is 22.6 Å². The minimum Gasteiger partial charge on any atom is -0.481 e. The molecule has 0 unspecified atom stereocenters. The summed E-state index contributed by atoms with van der Waals surface area (Å²) < 4.78 is 0. The van der Waals surface area contributed by atoms with Gasteiger partial charge in [-0.3, -0.25) is 9.59 Å². The zero-order valence-corrected chi connectivity index (χ0v) is 19.6. The van der Waals surface area contributed by atoms with Gasteiger partial charge >= 0.3 is 5.97 Å². The third-order valence-corrected chi connectivity index (χ3v) is 7.70. The maximum Gasteiger partial charge on any atom is 0.308 e. The van der Waals surface area contributed by atoms with Crippen LogP contribution in [0.5, 0.6) is 0 Å². The van der Waals surface area contributed by atoms with E-state index in [-0.39, 0.29) is 5.91 Å². The summed E-state index contributed by atoms with van der Waals surface area (Å²) in [7, 11) is 0. The van der Waals surface area contributed by atoms with Gasteiger partial charge in [0.25, 0.3) is 0 Å². The van der Waals surface area contributed by atoms with Crippen LogP contribution in [0.4, 0.5) is 5.69 Å². The van der Waals surface area contributed by atoms with E-state index in [0.29, 0.717) is 31.7 Å². The Hall–Kier alpha value is -2.66. The third kappa shape index (κ3) is 5.14. The SMILES string of the molecule is Cc1ccc(CN2C(=O)[C@](N)([C@H](CCC3CCCCC3)C(=O)O)CCc3ccccc32)cc1. The molecule has 4 rings (SSSR count). The Balaban J connectivity index is 1.64. The molecule has 1 saturated carbocycles. The lowest BCUT2D eigenvalue weighted by atomic mass is 9.75. The van der Waals surface area contributed by atoms with Crippen LogP contribution in [0.3, 0.4) is 0 Å². The van der Waals surface area contributed by atoms with Crippen LogP contribution in [0.2, 0.25) is 0 Å². The van der Waals surface area contributed by atoms with Crippen LogP contribution < -0.4 is 10.6 Å². The Bertz CT molecular complexity index is 981. The predicted molar refractivity (Wildman–Crippen MR) is 131 cm³/mol. The van der Waals surface area contributed by atoms with Gasteiger partial charge in [0.05, 0.1) is 12.5 Å². The van der Waals surface area contributed by atoms with Crippen molar-refractivity contribution in [3.05, 3.63) is 65.2 Å². The topological polar surface area (TPSA) is 83.6 Å². The average Bonchev–Trinajstić information content (AvgIpc) is 2.92. The number of benzene rings is 2. The Morgan fingerprint density at radius 2 is 1.82 bits per heavy atom. The van der Waals surface area contributed by atoms with Gasteiger partial charge in [0, 0.05) is 5.69 Å². The molecule has 176 valence electrons. The van der Waals surface area contributed by atoms with Crippen LogP contribution in [0.15, 0.2) is 48.5 Å². The van der Waals surface area contributed by atoms with Gasteiger partial charge in [0.1, 0.15) is 5.54 Å². The highest BCUT2D eigenvalue weighted by molar-refractivity contribution is 6.03. The number of aliphatic carboxylic acids is 1. The number of carbonyl (C=O) groups excluding carboxylic acids is 1. The highest BCUT2D eigenvalue weighted by Gasteiger charge is 2.49. The predicted octanol–water partition coefficient (Wildman–Crippen LogP) is 5.23. The van der Waals surface area contributed by atoms with Crippen molar-refractivity contribution < 1.29 is 14.7 Å². The molecule has 2 aromatic carbocycles. The first-order valence-corrected chi connectivity index (χ1v) is 12.4. The second-order valence-corrected chi connectivity index (χ2v) is 10.0. The number of aryl methyl sites for hydroxylation is 2. The van der Waals surface area contributed by atoms with E-state index in [1.807, 2.05) is 55.5 Å². The summed E-state index contributed by atoms with van der Waals surface area (Å²) in [5.74, 6) is -1.57. The lowest BCUT2D eigenvalue weighted by molar-refractivity contribution is -0.148. The van der Waals surface area contributed by atoms with Crippen molar-refractivity contribution >= 4 is 17.6 Å². The van der Waals surface area contributed by atoms with Gasteiger partial charge < -0.3 is 15.7 Å². The van der Waals surface area contributed by atoms with Crippen molar-refractivity contribution in [2.45, 2.75) is 76.8 Å². The molecule has 0 bridgehead atoms. The van der Waals surface area contributed by atoms with Crippen LogP contribution in [0.1, 0.15) is 68.1 Å². The van der Waals surface area contributed by atoms with E-state index < -0.39 is 17.4 Å². The van der Waals surface area contributed by atoms with Gasteiger partial charge in [-0.05, 0) is 55.7 Å². The summed E-state index contributed by atoms with van der Waals surface area (Å²) >= 11 is 0. The molecule has 33 heavy (non-hydrogen) atoms. The summed E-state index contributed by atoms with van der Waals surface area (Å²) in [6, 6.07) is 16.0. The maximum atomic E-state index is 14.0. The molecule has 1 aliphatic heterocycles. The zero-order chi connectivity index (χ0) is 23.4. The van der Waals surface area contributed by atoms with E-state index >= 15 is 0 Å². The molecule has 2 aromatic rings. The third-order valence-electron chi connectivity index (χ3n) is 7.70. The lowest BCUT2D eigenvalue weighted by Crippen LogP contribution is -2.61. The van der Waals surface area contributed by atoms with E-state index in [0.717, 1.165) is 41.6 Å². The fourth-order valence-corrected chi connectivity index (χ4v) is 5.63. The number of carboxylic acids is 1. The highest BCUT2D eigenvalue weighted by atomic mass is 16.4. The van der Waals surface area contributed by atoms with E-state index in [4.69, 9.17) is 5.73 Å². The number of fused-ring (bicyclic) bond motifs is 1. The maximum absolute atomic E-state index is 14.0. The van der Waals surface area contributed by atoms with Crippen molar-refractivity contribution in [3.63, 3.8) is 0 Å². The standard InChI is InChI=1S/C28H36N2O3/c1-20-11-13-22(14-12-20)19-30-25-10-6-5-9-23(25)17-18-28(29,27(30)33)24(26(31)32)16-15-21-7-3-2-4-8-21/h5-6,9-14,21,24H,2-4,7-8,15-19,29H2,1H3,(H,31,32)/t24-,28-/m1/s1. The molecule has 1 fully saturated rings. The van der Waals surface area contributed by atoms with Gasteiger partial charge in [0.15, 0.2) is 0 Å². The molecule has 0 saturated heterocycles. The summed E-state index contributed by atoms with van der Waals surface area (Å²) in [5, 5.41) is 10.2. The first kappa shape index (κ1) is 23.5. The molecule has 0 radical (unpaired) electrons. The average molecular weight is 449 g/mol. The molecule has 1 amide bonds. The number of amides is 1. The van der Waals surface area contributed by atoms with E-state index in [1.54, 1.807) is 4.90 Å². The first-order valence-electron chi connectivity index (χ1n) is 12.4. The normalized spacial score (nSPS) is 22.5. The van der Waals surface area contributed by atoms with Gasteiger partial charge in [-0.2, -0.15) is 0 Å². The zero-order valence-electron chi connectivity index (χ0n) is 19.6. The van der Waals surface area contributed by atoms with Crippen molar-refractivity contribution in [3.8, 4) is 0 Å². The first-order chi connectivity index (χ1) is 15.9. The monoisotopic (exact) mass is 448 g/mol.